The van der Waals surface area contributed by atoms with Crippen molar-refractivity contribution < 1.29 is 9.90 Å². The Morgan fingerprint density at radius 3 is 2.94 bits per heavy atom. The summed E-state index contributed by atoms with van der Waals surface area (Å²) in [7, 11) is 0. The van der Waals surface area contributed by atoms with E-state index < -0.39 is 5.60 Å². The van der Waals surface area contributed by atoms with E-state index in [1.807, 2.05) is 19.2 Å². The lowest BCUT2D eigenvalue weighted by Crippen LogP contribution is -2.35. The summed E-state index contributed by atoms with van der Waals surface area (Å²) in [6.07, 6.45) is 0.340. The maximum absolute atomic E-state index is 12.0. The van der Waals surface area contributed by atoms with E-state index >= 15 is 0 Å². The van der Waals surface area contributed by atoms with Gasteiger partial charge in [0.1, 0.15) is 0 Å². The molecule has 2 rings (SSSR count). The van der Waals surface area contributed by atoms with Crippen LogP contribution in [-0.4, -0.2) is 39.6 Å². The topological polar surface area (TPSA) is 53.4 Å². The highest BCUT2D eigenvalue weighted by Crippen LogP contribution is 2.27. The molecule has 5 heteroatoms. The van der Waals surface area contributed by atoms with Gasteiger partial charge in [0.15, 0.2) is 0 Å². The van der Waals surface area contributed by atoms with Gasteiger partial charge in [-0.1, -0.05) is 6.92 Å². The number of aliphatic hydroxyl groups is 1. The van der Waals surface area contributed by atoms with Gasteiger partial charge in [0.25, 0.3) is 0 Å². The molecule has 1 aromatic heterocycles. The number of rotatable bonds is 2. The molecule has 0 aromatic carbocycles. The quantitative estimate of drug-likeness (QED) is 0.863. The minimum absolute atomic E-state index is 0.0555. The van der Waals surface area contributed by atoms with Gasteiger partial charge in [-0.25, -0.2) is 4.98 Å². The van der Waals surface area contributed by atoms with E-state index in [1.165, 1.54) is 0 Å². The number of amides is 1. The van der Waals surface area contributed by atoms with Crippen molar-refractivity contribution in [3.63, 3.8) is 0 Å². The summed E-state index contributed by atoms with van der Waals surface area (Å²) in [4.78, 5) is 18.1. The highest BCUT2D eigenvalue weighted by molar-refractivity contribution is 7.09. The normalized spacial score (nSPS) is 28.7. The van der Waals surface area contributed by atoms with Crippen molar-refractivity contribution in [2.45, 2.75) is 32.8 Å². The predicted octanol–water partition coefficient (Wildman–Crippen LogP) is 1.22. The average Bonchev–Trinajstić information content (AvgIpc) is 2.72. The number of nitrogens with zero attached hydrogens (tertiary/aromatic N) is 2. The van der Waals surface area contributed by atoms with Gasteiger partial charge >= 0.3 is 0 Å². The zero-order valence-electron chi connectivity index (χ0n) is 10.4. The zero-order valence-corrected chi connectivity index (χ0v) is 11.3. The Morgan fingerprint density at radius 2 is 2.47 bits per heavy atom. The van der Waals surface area contributed by atoms with Crippen molar-refractivity contribution >= 4 is 17.2 Å². The van der Waals surface area contributed by atoms with Crippen LogP contribution in [0.5, 0.6) is 0 Å². The van der Waals surface area contributed by atoms with Crippen molar-refractivity contribution in [3.8, 4) is 0 Å². The lowest BCUT2D eigenvalue weighted by atomic mass is 9.95. The molecule has 0 radical (unpaired) electrons. The molecule has 1 amide bonds. The third-order valence-corrected chi connectivity index (χ3v) is 4.24. The highest BCUT2D eigenvalue weighted by Gasteiger charge is 2.40. The second kappa shape index (κ2) is 4.38. The fourth-order valence-electron chi connectivity index (χ4n) is 2.08. The van der Waals surface area contributed by atoms with Crippen molar-refractivity contribution in [3.05, 3.63) is 16.1 Å². The van der Waals surface area contributed by atoms with Gasteiger partial charge in [0.2, 0.25) is 5.91 Å². The number of β-amino-alcohol motifs (C(OH)–C–C–N with tert-alkyl or cyclic N) is 1. The lowest BCUT2D eigenvalue weighted by Gasteiger charge is -2.20. The third-order valence-electron chi connectivity index (χ3n) is 3.42. The van der Waals surface area contributed by atoms with Gasteiger partial charge in [-0.2, -0.15) is 0 Å². The second-order valence-electron chi connectivity index (χ2n) is 5.07. The van der Waals surface area contributed by atoms with Crippen molar-refractivity contribution in [1.29, 1.82) is 0 Å². The molecule has 1 aromatic rings. The van der Waals surface area contributed by atoms with Crippen LogP contribution in [0.15, 0.2) is 5.38 Å². The predicted molar refractivity (Wildman–Crippen MR) is 66.9 cm³/mol. The van der Waals surface area contributed by atoms with Crippen LogP contribution in [0.4, 0.5) is 0 Å². The Labute approximate surface area is 105 Å². The lowest BCUT2D eigenvalue weighted by molar-refractivity contribution is -0.130. The Morgan fingerprint density at radius 1 is 1.76 bits per heavy atom. The molecule has 0 spiro atoms. The minimum atomic E-state index is -0.756. The number of aromatic nitrogens is 1. The summed E-state index contributed by atoms with van der Waals surface area (Å²) in [6, 6.07) is 0. The van der Waals surface area contributed by atoms with E-state index in [1.54, 1.807) is 23.2 Å². The first-order valence-electron chi connectivity index (χ1n) is 5.79. The number of likely N-dealkylation sites (tertiary alicyclic amines) is 1. The molecule has 17 heavy (non-hydrogen) atoms. The summed E-state index contributed by atoms with van der Waals surface area (Å²) in [5.41, 5.74) is 0.0740. The molecule has 1 N–H and O–H groups in total. The number of thiazole rings is 1. The first kappa shape index (κ1) is 12.5. The first-order valence-corrected chi connectivity index (χ1v) is 6.67. The molecule has 94 valence electrons. The Hall–Kier alpha value is -0.940. The van der Waals surface area contributed by atoms with Crippen LogP contribution < -0.4 is 0 Å². The fourth-order valence-corrected chi connectivity index (χ4v) is 2.69. The molecular formula is C12H18N2O2S. The van der Waals surface area contributed by atoms with Crippen LogP contribution in [-0.2, 0) is 11.2 Å². The number of carbonyl (C=O) groups excluding carboxylic acids is 1. The van der Waals surface area contributed by atoms with E-state index in [9.17, 15) is 9.90 Å². The van der Waals surface area contributed by atoms with Crippen LogP contribution in [0.1, 0.15) is 24.5 Å². The molecule has 0 saturated carbocycles. The minimum Gasteiger partial charge on any atom is -0.388 e. The largest absolute Gasteiger partial charge is 0.388 e. The van der Waals surface area contributed by atoms with Crippen LogP contribution in [0.3, 0.4) is 0 Å². The molecule has 1 aliphatic heterocycles. The van der Waals surface area contributed by atoms with Gasteiger partial charge in [-0.15, -0.1) is 11.3 Å². The Bertz CT molecular complexity index is 428. The molecule has 0 bridgehead atoms. The second-order valence-corrected chi connectivity index (χ2v) is 6.13. The molecular weight excluding hydrogens is 236 g/mol. The van der Waals surface area contributed by atoms with Crippen LogP contribution in [0.2, 0.25) is 0 Å². The van der Waals surface area contributed by atoms with E-state index in [0.29, 0.717) is 19.5 Å². The Kier molecular flexibility index (Phi) is 3.23. The average molecular weight is 254 g/mol. The van der Waals surface area contributed by atoms with Crippen LogP contribution in [0, 0.1) is 12.8 Å². The maximum Gasteiger partial charge on any atom is 0.228 e. The van der Waals surface area contributed by atoms with Gasteiger partial charge in [-0.05, 0) is 13.8 Å². The van der Waals surface area contributed by atoms with Crippen molar-refractivity contribution in [1.82, 2.24) is 9.88 Å². The number of carbonyl (C=O) groups is 1. The van der Waals surface area contributed by atoms with Gasteiger partial charge in [-0.3, -0.25) is 4.79 Å². The van der Waals surface area contributed by atoms with Crippen molar-refractivity contribution in [2.75, 3.05) is 13.1 Å². The SMILES string of the molecule is Cc1nc(CC(=O)N2C[C@@H](C)[C@@](C)(O)C2)cs1. The summed E-state index contributed by atoms with van der Waals surface area (Å²) in [5.74, 6) is 0.184. The summed E-state index contributed by atoms with van der Waals surface area (Å²) < 4.78 is 0. The van der Waals surface area contributed by atoms with Gasteiger partial charge < -0.3 is 10.0 Å². The monoisotopic (exact) mass is 254 g/mol. The molecule has 1 aliphatic rings. The fraction of sp³-hybridized carbons (Fsp3) is 0.667. The van der Waals surface area contributed by atoms with Crippen LogP contribution in [0.25, 0.3) is 0 Å². The molecule has 4 nitrogen and oxygen atoms in total. The molecule has 1 saturated heterocycles. The highest BCUT2D eigenvalue weighted by atomic mass is 32.1. The van der Waals surface area contributed by atoms with E-state index in [2.05, 4.69) is 4.98 Å². The summed E-state index contributed by atoms with van der Waals surface area (Å²) in [6.45, 7) is 6.75. The van der Waals surface area contributed by atoms with Gasteiger partial charge in [0.05, 0.1) is 22.7 Å². The molecule has 0 aliphatic carbocycles. The third kappa shape index (κ3) is 2.66. The van der Waals surface area contributed by atoms with E-state index in [0.717, 1.165) is 10.7 Å². The van der Waals surface area contributed by atoms with Crippen molar-refractivity contribution in [2.24, 2.45) is 5.92 Å². The number of hydrogen-bond acceptors (Lipinski definition) is 4. The van der Waals surface area contributed by atoms with E-state index in [-0.39, 0.29) is 11.8 Å². The summed E-state index contributed by atoms with van der Waals surface area (Å²) in [5, 5.41) is 12.9. The molecule has 2 atom stereocenters. The number of hydrogen-bond donors (Lipinski definition) is 1. The zero-order chi connectivity index (χ0) is 12.6. The first-order chi connectivity index (χ1) is 7.88. The Balaban J connectivity index is 1.98. The summed E-state index contributed by atoms with van der Waals surface area (Å²) >= 11 is 1.56. The molecule has 2 heterocycles. The van der Waals surface area contributed by atoms with Gasteiger partial charge in [0, 0.05) is 24.4 Å². The maximum atomic E-state index is 12.0. The molecule has 0 unspecified atom stereocenters. The number of aryl methyl sites for hydroxylation is 1. The van der Waals surface area contributed by atoms with E-state index in [4.69, 9.17) is 0 Å². The smallest absolute Gasteiger partial charge is 0.228 e. The molecule has 1 fully saturated rings. The van der Waals surface area contributed by atoms with Crippen LogP contribution >= 0.6 is 11.3 Å². The standard InChI is InChI=1S/C12H18N2O2S/c1-8-5-14(7-12(8,3)16)11(15)4-10-6-17-9(2)13-10/h6,8,16H,4-5,7H2,1-3H3/t8-,12+/m1/s1.